The van der Waals surface area contributed by atoms with Gasteiger partial charge in [0.2, 0.25) is 11.9 Å². The third kappa shape index (κ3) is 5.30. The number of nitriles is 1. The van der Waals surface area contributed by atoms with Crippen LogP contribution in [0.4, 0.5) is 11.6 Å². The van der Waals surface area contributed by atoms with Crippen LogP contribution in [0.1, 0.15) is 30.2 Å². The number of amides is 1. The molecular weight excluding hydrogens is 460 g/mol. The van der Waals surface area contributed by atoms with Crippen molar-refractivity contribution in [2.45, 2.75) is 41.4 Å². The Morgan fingerprint density at radius 1 is 1.18 bits per heavy atom. The molecule has 0 aliphatic heterocycles. The molecule has 2 aromatic heterocycles. The summed E-state index contributed by atoms with van der Waals surface area (Å²) in [6.45, 7) is 1.73. The SMILES string of the molecule is CC(Sc1nc2c(cc1C#N)CCC2)C(=O)Nc1ccc(S(=O)(=O)Nc2ncccn2)cc1. The number of hydrogen-bond donors (Lipinski definition) is 2. The Kier molecular flexibility index (Phi) is 6.57. The van der Waals surface area contributed by atoms with Crippen molar-refractivity contribution >= 4 is 39.3 Å². The minimum atomic E-state index is -3.86. The maximum absolute atomic E-state index is 12.7. The molecule has 1 aliphatic rings. The summed E-state index contributed by atoms with van der Waals surface area (Å²) in [7, 11) is -3.86. The Bertz CT molecular complexity index is 1320. The van der Waals surface area contributed by atoms with Gasteiger partial charge in [-0.15, -0.1) is 0 Å². The van der Waals surface area contributed by atoms with E-state index < -0.39 is 15.3 Å². The molecule has 0 radical (unpaired) electrons. The van der Waals surface area contributed by atoms with Crippen molar-refractivity contribution in [3.05, 3.63) is 65.6 Å². The van der Waals surface area contributed by atoms with Gasteiger partial charge < -0.3 is 5.32 Å². The minimum absolute atomic E-state index is 0.0105. The fourth-order valence-electron chi connectivity index (χ4n) is 3.34. The van der Waals surface area contributed by atoms with Gasteiger partial charge in [-0.1, -0.05) is 11.8 Å². The van der Waals surface area contributed by atoms with Crippen LogP contribution in [0.5, 0.6) is 0 Å². The molecule has 1 amide bonds. The number of hydrogen-bond acceptors (Lipinski definition) is 8. The maximum Gasteiger partial charge on any atom is 0.264 e. The summed E-state index contributed by atoms with van der Waals surface area (Å²) in [6.07, 6.45) is 5.70. The van der Waals surface area contributed by atoms with Crippen LogP contribution in [0, 0.1) is 11.3 Å². The highest BCUT2D eigenvalue weighted by Crippen LogP contribution is 2.30. The van der Waals surface area contributed by atoms with Crippen LogP contribution in [0.3, 0.4) is 0 Å². The van der Waals surface area contributed by atoms with E-state index >= 15 is 0 Å². The third-order valence-electron chi connectivity index (χ3n) is 5.02. The summed E-state index contributed by atoms with van der Waals surface area (Å²) in [4.78, 5) is 25.0. The number of aryl methyl sites for hydroxylation is 2. The standard InChI is InChI=1S/C22H20N6O3S2/c1-14(32-21-16(13-23)12-15-4-2-5-19(15)27-21)20(29)26-17-6-8-18(9-7-17)33(30,31)28-22-24-10-3-11-25-22/h3,6-12,14H,2,4-5H2,1H3,(H,26,29)(H,24,25,28). The molecule has 0 saturated carbocycles. The Morgan fingerprint density at radius 3 is 2.61 bits per heavy atom. The molecule has 3 aromatic rings. The smallest absolute Gasteiger partial charge is 0.264 e. The zero-order chi connectivity index (χ0) is 23.4. The number of benzene rings is 1. The second-order valence-corrected chi connectivity index (χ2v) is 10.4. The number of carbonyl (C=O) groups excluding carboxylic acids is 1. The van der Waals surface area contributed by atoms with Crippen molar-refractivity contribution in [3.63, 3.8) is 0 Å². The molecule has 0 fully saturated rings. The Morgan fingerprint density at radius 2 is 1.91 bits per heavy atom. The van der Waals surface area contributed by atoms with Crippen molar-refractivity contribution < 1.29 is 13.2 Å². The molecule has 1 aromatic carbocycles. The lowest BCUT2D eigenvalue weighted by Crippen LogP contribution is -2.23. The van der Waals surface area contributed by atoms with Gasteiger partial charge in [0.05, 0.1) is 15.7 Å². The number of aromatic nitrogens is 3. The number of anilines is 2. The Hall–Kier alpha value is -3.49. The number of rotatable bonds is 7. The first-order valence-corrected chi connectivity index (χ1v) is 12.5. The number of sulfonamides is 1. The van der Waals surface area contributed by atoms with E-state index in [1.54, 1.807) is 13.0 Å². The van der Waals surface area contributed by atoms with Gasteiger partial charge in [-0.25, -0.2) is 28.1 Å². The highest BCUT2D eigenvalue weighted by Gasteiger charge is 2.22. The van der Waals surface area contributed by atoms with Gasteiger partial charge in [-0.2, -0.15) is 5.26 Å². The van der Waals surface area contributed by atoms with Crippen LogP contribution >= 0.6 is 11.8 Å². The zero-order valence-corrected chi connectivity index (χ0v) is 19.3. The molecular formula is C22H20N6O3S2. The van der Waals surface area contributed by atoms with Gasteiger partial charge in [-0.3, -0.25) is 4.79 Å². The second-order valence-electron chi connectivity index (χ2n) is 7.36. The minimum Gasteiger partial charge on any atom is -0.325 e. The topological polar surface area (TPSA) is 138 Å². The molecule has 0 bridgehead atoms. The highest BCUT2D eigenvalue weighted by atomic mass is 32.2. The Labute approximate surface area is 195 Å². The molecule has 9 nitrogen and oxygen atoms in total. The largest absolute Gasteiger partial charge is 0.325 e. The molecule has 168 valence electrons. The highest BCUT2D eigenvalue weighted by molar-refractivity contribution is 8.00. The molecule has 1 atom stereocenters. The van der Waals surface area contributed by atoms with Crippen molar-refractivity contribution in [2.75, 3.05) is 10.0 Å². The fraction of sp³-hybridized carbons (Fsp3) is 0.227. The average Bonchev–Trinajstić information content (AvgIpc) is 3.26. The first kappa shape index (κ1) is 22.7. The summed E-state index contributed by atoms with van der Waals surface area (Å²) >= 11 is 1.23. The van der Waals surface area contributed by atoms with E-state index in [1.807, 2.05) is 6.07 Å². The number of pyridine rings is 1. The van der Waals surface area contributed by atoms with Crippen LogP contribution in [0.15, 0.2) is 58.7 Å². The van der Waals surface area contributed by atoms with Crippen LogP contribution in [-0.4, -0.2) is 34.5 Å². The molecule has 11 heteroatoms. The summed E-state index contributed by atoms with van der Waals surface area (Å²) in [6, 6.07) is 11.4. The molecule has 2 N–H and O–H groups in total. The normalized spacial score (nSPS) is 13.6. The Balaban J connectivity index is 1.41. The lowest BCUT2D eigenvalue weighted by atomic mass is 10.2. The molecule has 2 heterocycles. The monoisotopic (exact) mass is 480 g/mol. The van der Waals surface area contributed by atoms with Crippen LogP contribution in [0.2, 0.25) is 0 Å². The first-order valence-electron chi connectivity index (χ1n) is 10.2. The van der Waals surface area contributed by atoms with Crippen molar-refractivity contribution in [3.8, 4) is 6.07 Å². The maximum atomic E-state index is 12.7. The van der Waals surface area contributed by atoms with E-state index in [0.717, 1.165) is 30.5 Å². The third-order valence-corrected chi connectivity index (χ3v) is 7.46. The number of carbonyl (C=O) groups is 1. The summed E-state index contributed by atoms with van der Waals surface area (Å²) in [5.74, 6) is -0.310. The van der Waals surface area contributed by atoms with E-state index in [1.165, 1.54) is 48.4 Å². The van der Waals surface area contributed by atoms with Gasteiger partial charge in [0.1, 0.15) is 11.1 Å². The van der Waals surface area contributed by atoms with Gasteiger partial charge >= 0.3 is 0 Å². The molecule has 0 saturated heterocycles. The first-order chi connectivity index (χ1) is 15.9. The van der Waals surface area contributed by atoms with Gasteiger partial charge in [0.25, 0.3) is 10.0 Å². The number of nitrogens with zero attached hydrogens (tertiary/aromatic N) is 4. The lowest BCUT2D eigenvalue weighted by Gasteiger charge is -2.14. The molecule has 33 heavy (non-hydrogen) atoms. The van der Waals surface area contributed by atoms with E-state index in [9.17, 15) is 18.5 Å². The van der Waals surface area contributed by atoms with E-state index in [2.05, 4.69) is 31.1 Å². The molecule has 1 unspecified atom stereocenters. The van der Waals surface area contributed by atoms with Gasteiger partial charge in [-0.05, 0) is 68.1 Å². The summed E-state index contributed by atoms with van der Waals surface area (Å²) in [5, 5.41) is 12.3. The molecule has 1 aliphatic carbocycles. The van der Waals surface area contributed by atoms with Crippen molar-refractivity contribution in [1.29, 1.82) is 5.26 Å². The van der Waals surface area contributed by atoms with Gasteiger partial charge in [0.15, 0.2) is 0 Å². The van der Waals surface area contributed by atoms with Crippen LogP contribution < -0.4 is 10.0 Å². The molecule has 4 rings (SSSR count). The van der Waals surface area contributed by atoms with Crippen LogP contribution in [-0.2, 0) is 27.7 Å². The summed E-state index contributed by atoms with van der Waals surface area (Å²) in [5.41, 5.74) is 3.03. The van der Waals surface area contributed by atoms with Crippen molar-refractivity contribution in [2.24, 2.45) is 0 Å². The van der Waals surface area contributed by atoms with Crippen LogP contribution in [0.25, 0.3) is 0 Å². The van der Waals surface area contributed by atoms with Crippen molar-refractivity contribution in [1.82, 2.24) is 15.0 Å². The zero-order valence-electron chi connectivity index (χ0n) is 17.6. The number of nitrogens with one attached hydrogen (secondary N) is 2. The predicted molar refractivity (Wildman–Crippen MR) is 124 cm³/mol. The van der Waals surface area contributed by atoms with Gasteiger partial charge in [0, 0.05) is 23.8 Å². The second kappa shape index (κ2) is 9.56. The quantitative estimate of drug-likeness (QED) is 0.492. The number of fused-ring (bicyclic) bond motifs is 1. The fourth-order valence-corrected chi connectivity index (χ4v) is 5.19. The number of thioether (sulfide) groups is 1. The summed E-state index contributed by atoms with van der Waals surface area (Å²) < 4.78 is 27.2. The van der Waals surface area contributed by atoms with E-state index in [0.29, 0.717) is 16.3 Å². The molecule has 0 spiro atoms. The average molecular weight is 481 g/mol. The predicted octanol–water partition coefficient (Wildman–Crippen LogP) is 3.15. The van der Waals surface area contributed by atoms with E-state index in [4.69, 9.17) is 0 Å². The van der Waals surface area contributed by atoms with E-state index in [-0.39, 0.29) is 16.8 Å². The lowest BCUT2D eigenvalue weighted by molar-refractivity contribution is -0.115.